The first-order chi connectivity index (χ1) is 12.5. The number of amides is 2. The molecule has 0 saturated carbocycles. The summed E-state index contributed by atoms with van der Waals surface area (Å²) in [7, 11) is 3.35. The number of anilines is 1. The van der Waals surface area contributed by atoms with Crippen LogP contribution in [0.5, 0.6) is 0 Å². The number of nitrogens with one attached hydrogen (secondary N) is 1. The van der Waals surface area contributed by atoms with Gasteiger partial charge in [-0.1, -0.05) is 6.07 Å². The first kappa shape index (κ1) is 19.7. The van der Waals surface area contributed by atoms with Crippen LogP contribution < -0.4 is 5.32 Å². The molecule has 1 aromatic heterocycles. The Kier molecular flexibility index (Phi) is 7.35. The maximum absolute atomic E-state index is 11.8. The summed E-state index contributed by atoms with van der Waals surface area (Å²) in [5.74, 6) is -0.911. The van der Waals surface area contributed by atoms with Crippen LogP contribution in [0.3, 0.4) is 0 Å². The van der Waals surface area contributed by atoms with Crippen LogP contribution in [0.4, 0.5) is 5.69 Å². The monoisotopic (exact) mass is 374 g/mol. The molecule has 0 saturated heterocycles. The van der Waals surface area contributed by atoms with Crippen molar-refractivity contribution in [1.29, 1.82) is 0 Å². The third kappa shape index (κ3) is 6.33. The van der Waals surface area contributed by atoms with Crippen LogP contribution in [0.1, 0.15) is 28.1 Å². The Labute approximate surface area is 156 Å². The van der Waals surface area contributed by atoms with Crippen LogP contribution in [-0.4, -0.2) is 43.4 Å². The van der Waals surface area contributed by atoms with Crippen molar-refractivity contribution in [3.8, 4) is 0 Å². The van der Waals surface area contributed by atoms with Crippen molar-refractivity contribution in [1.82, 2.24) is 4.90 Å². The lowest BCUT2D eigenvalue weighted by Gasteiger charge is -2.11. The van der Waals surface area contributed by atoms with Crippen LogP contribution in [0.25, 0.3) is 0 Å². The first-order valence-electron chi connectivity index (χ1n) is 8.25. The van der Waals surface area contributed by atoms with Gasteiger partial charge in [0, 0.05) is 36.6 Å². The molecule has 2 aromatic rings. The van der Waals surface area contributed by atoms with E-state index >= 15 is 0 Å². The van der Waals surface area contributed by atoms with E-state index in [-0.39, 0.29) is 24.9 Å². The van der Waals surface area contributed by atoms with Crippen LogP contribution in [-0.2, 0) is 20.7 Å². The second-order valence-corrected chi connectivity index (χ2v) is 6.95. The number of hydrogen-bond donors (Lipinski definition) is 1. The van der Waals surface area contributed by atoms with Gasteiger partial charge in [0.1, 0.15) is 0 Å². The number of thiophene rings is 1. The maximum atomic E-state index is 11.8. The van der Waals surface area contributed by atoms with Gasteiger partial charge >= 0.3 is 5.97 Å². The molecule has 1 heterocycles. The molecule has 2 amide bonds. The fourth-order valence-electron chi connectivity index (χ4n) is 2.23. The topological polar surface area (TPSA) is 75.7 Å². The molecular formula is C19H22N2O4S. The van der Waals surface area contributed by atoms with Crippen LogP contribution in [0.15, 0.2) is 41.8 Å². The molecule has 0 fully saturated rings. The van der Waals surface area contributed by atoms with Gasteiger partial charge in [-0.2, -0.15) is 0 Å². The molecule has 0 aliphatic rings. The predicted octanol–water partition coefficient (Wildman–Crippen LogP) is 2.95. The molecule has 6 nitrogen and oxygen atoms in total. The van der Waals surface area contributed by atoms with Crippen molar-refractivity contribution in [2.45, 2.75) is 19.3 Å². The summed E-state index contributed by atoms with van der Waals surface area (Å²) in [6.07, 6.45) is 1.81. The average Bonchev–Trinajstić information content (AvgIpc) is 3.13. The summed E-state index contributed by atoms with van der Waals surface area (Å²) in [5.41, 5.74) is 1.07. The fourth-order valence-corrected chi connectivity index (χ4v) is 2.98. The lowest BCUT2D eigenvalue weighted by molar-refractivity contribution is -0.147. The second kappa shape index (κ2) is 9.72. The van der Waals surface area contributed by atoms with Gasteiger partial charge in [0.25, 0.3) is 11.8 Å². The number of ether oxygens (including phenoxy) is 1. The standard InChI is InChI=1S/C19H22N2O4S/c1-21(2)19(24)14-8-10-15(11-9-14)20-17(22)13-25-18(23)7-3-5-16-6-4-12-26-16/h4,6,8-12H,3,5,7,13H2,1-2H3,(H,20,22). The average molecular weight is 374 g/mol. The predicted molar refractivity (Wildman–Crippen MR) is 101 cm³/mol. The van der Waals surface area contributed by atoms with E-state index in [0.717, 1.165) is 6.42 Å². The molecule has 0 radical (unpaired) electrons. The van der Waals surface area contributed by atoms with E-state index in [1.165, 1.54) is 9.78 Å². The molecule has 0 unspecified atom stereocenters. The van der Waals surface area contributed by atoms with Gasteiger partial charge in [-0.05, 0) is 48.6 Å². The number of carbonyl (C=O) groups excluding carboxylic acids is 3. The molecule has 0 bridgehead atoms. The molecule has 1 N–H and O–H groups in total. The number of aryl methyl sites for hydroxylation is 1. The fraction of sp³-hybridized carbons (Fsp3) is 0.316. The van der Waals surface area contributed by atoms with E-state index in [4.69, 9.17) is 4.74 Å². The Morgan fingerprint density at radius 1 is 1.12 bits per heavy atom. The van der Waals surface area contributed by atoms with Crippen molar-refractivity contribution < 1.29 is 19.1 Å². The van der Waals surface area contributed by atoms with Crippen molar-refractivity contribution in [2.75, 3.05) is 26.0 Å². The molecule has 0 atom stereocenters. The van der Waals surface area contributed by atoms with Crippen LogP contribution in [0, 0.1) is 0 Å². The molecule has 138 valence electrons. The van der Waals surface area contributed by atoms with Crippen molar-refractivity contribution >= 4 is 34.8 Å². The van der Waals surface area contributed by atoms with Gasteiger partial charge in [0.05, 0.1) is 0 Å². The van der Waals surface area contributed by atoms with Gasteiger partial charge in [0.2, 0.25) is 0 Å². The number of hydrogen-bond acceptors (Lipinski definition) is 5. The molecule has 1 aromatic carbocycles. The lowest BCUT2D eigenvalue weighted by Crippen LogP contribution is -2.22. The summed E-state index contributed by atoms with van der Waals surface area (Å²) in [4.78, 5) is 38.0. The second-order valence-electron chi connectivity index (χ2n) is 5.92. The molecule has 0 aliphatic carbocycles. The third-order valence-corrected chi connectivity index (χ3v) is 4.51. The van der Waals surface area contributed by atoms with Gasteiger partial charge in [-0.25, -0.2) is 0 Å². The summed E-state index contributed by atoms with van der Waals surface area (Å²) < 4.78 is 4.98. The van der Waals surface area contributed by atoms with Crippen molar-refractivity contribution in [2.24, 2.45) is 0 Å². The minimum absolute atomic E-state index is 0.112. The summed E-state index contributed by atoms with van der Waals surface area (Å²) in [5, 5.41) is 4.63. The third-order valence-electron chi connectivity index (χ3n) is 3.57. The summed E-state index contributed by atoms with van der Waals surface area (Å²) in [6.45, 7) is -0.323. The highest BCUT2D eigenvalue weighted by Crippen LogP contribution is 2.13. The first-order valence-corrected chi connectivity index (χ1v) is 9.13. The van der Waals surface area contributed by atoms with Gasteiger partial charge < -0.3 is 15.0 Å². The number of esters is 1. The Bertz CT molecular complexity index is 739. The van der Waals surface area contributed by atoms with E-state index in [1.54, 1.807) is 49.7 Å². The van der Waals surface area contributed by atoms with E-state index < -0.39 is 5.91 Å². The zero-order valence-corrected chi connectivity index (χ0v) is 15.7. The zero-order chi connectivity index (χ0) is 18.9. The van der Waals surface area contributed by atoms with E-state index in [9.17, 15) is 14.4 Å². The largest absolute Gasteiger partial charge is 0.456 e. The highest BCUT2D eigenvalue weighted by molar-refractivity contribution is 7.09. The lowest BCUT2D eigenvalue weighted by atomic mass is 10.2. The minimum Gasteiger partial charge on any atom is -0.456 e. The number of nitrogens with zero attached hydrogens (tertiary/aromatic N) is 1. The zero-order valence-electron chi connectivity index (χ0n) is 14.9. The number of carbonyl (C=O) groups is 3. The number of rotatable bonds is 8. The van der Waals surface area contributed by atoms with Crippen LogP contribution >= 0.6 is 11.3 Å². The number of benzene rings is 1. The van der Waals surface area contributed by atoms with Gasteiger partial charge in [0.15, 0.2) is 6.61 Å². The Morgan fingerprint density at radius 2 is 1.85 bits per heavy atom. The molecular weight excluding hydrogens is 352 g/mol. The molecule has 0 aliphatic heterocycles. The van der Waals surface area contributed by atoms with Crippen molar-refractivity contribution in [3.05, 3.63) is 52.2 Å². The SMILES string of the molecule is CN(C)C(=O)c1ccc(NC(=O)COC(=O)CCCc2cccs2)cc1. The Balaban J connectivity index is 1.69. The smallest absolute Gasteiger partial charge is 0.306 e. The summed E-state index contributed by atoms with van der Waals surface area (Å²) in [6, 6.07) is 10.5. The Morgan fingerprint density at radius 3 is 2.46 bits per heavy atom. The van der Waals surface area contributed by atoms with E-state index in [1.807, 2.05) is 17.5 Å². The summed E-state index contributed by atoms with van der Waals surface area (Å²) >= 11 is 1.66. The molecule has 0 spiro atoms. The van der Waals surface area contributed by atoms with Gasteiger partial charge in [-0.15, -0.1) is 11.3 Å². The highest BCUT2D eigenvalue weighted by atomic mass is 32.1. The molecule has 7 heteroatoms. The van der Waals surface area contributed by atoms with Crippen molar-refractivity contribution in [3.63, 3.8) is 0 Å². The van der Waals surface area contributed by atoms with Crippen LogP contribution in [0.2, 0.25) is 0 Å². The Hall–Kier alpha value is -2.67. The van der Waals surface area contributed by atoms with Gasteiger partial charge in [-0.3, -0.25) is 14.4 Å². The highest BCUT2D eigenvalue weighted by Gasteiger charge is 2.10. The normalized spacial score (nSPS) is 10.2. The van der Waals surface area contributed by atoms with E-state index in [0.29, 0.717) is 17.7 Å². The van der Waals surface area contributed by atoms with E-state index in [2.05, 4.69) is 5.32 Å². The molecule has 2 rings (SSSR count). The maximum Gasteiger partial charge on any atom is 0.306 e. The quantitative estimate of drug-likeness (QED) is 0.721. The molecule has 26 heavy (non-hydrogen) atoms. The minimum atomic E-state index is -0.414.